The monoisotopic (exact) mass is 336 g/mol. The zero-order valence-corrected chi connectivity index (χ0v) is 12.8. The fraction of sp³-hybridized carbons (Fsp3) is 0.125. The minimum Gasteiger partial charge on any atom is -0.308 e. The lowest BCUT2D eigenvalue weighted by Crippen LogP contribution is -2.38. The maximum atomic E-state index is 12.5. The molecule has 0 aliphatic rings. The molecule has 0 spiro atoms. The molecule has 0 radical (unpaired) electrons. The molecule has 2 aromatic carbocycles. The van der Waals surface area contributed by atoms with Crippen molar-refractivity contribution < 1.29 is 18.0 Å². The Hall–Kier alpha value is -2.41. The number of para-hydroxylation sites is 1. The Labute approximate surface area is 134 Å². The molecule has 7 heteroatoms. The third kappa shape index (κ3) is 3.05. The van der Waals surface area contributed by atoms with Crippen molar-refractivity contribution in [2.75, 3.05) is 11.9 Å². The number of fused-ring (bicyclic) bond motifs is 1. The van der Waals surface area contributed by atoms with E-state index < -0.39 is 12.1 Å². The summed E-state index contributed by atoms with van der Waals surface area (Å²) in [6, 6.07) is 13.9. The Bertz CT molecular complexity index is 840. The van der Waals surface area contributed by atoms with Gasteiger partial charge < -0.3 is 4.90 Å². The molecule has 0 saturated heterocycles. The normalized spacial score (nSPS) is 11.7. The summed E-state index contributed by atoms with van der Waals surface area (Å²) in [6.45, 7) is 0. The van der Waals surface area contributed by atoms with Gasteiger partial charge in [0.1, 0.15) is 5.01 Å². The Morgan fingerprint density at radius 3 is 2.57 bits per heavy atom. The van der Waals surface area contributed by atoms with Gasteiger partial charge in [0.2, 0.25) is 0 Å². The SMILES string of the molecule is CN(C(=O)C(F)(F)F)c1cccc(-c2nc3ccccc3s2)c1. The number of thiazole rings is 1. The predicted molar refractivity (Wildman–Crippen MR) is 84.5 cm³/mol. The Morgan fingerprint density at radius 2 is 1.87 bits per heavy atom. The van der Waals surface area contributed by atoms with Gasteiger partial charge >= 0.3 is 12.1 Å². The molecule has 23 heavy (non-hydrogen) atoms. The molecule has 0 atom stereocenters. The number of hydrogen-bond acceptors (Lipinski definition) is 3. The molecule has 0 fully saturated rings. The van der Waals surface area contributed by atoms with Crippen molar-refractivity contribution in [3.63, 3.8) is 0 Å². The highest BCUT2D eigenvalue weighted by Crippen LogP contribution is 2.32. The Kier molecular flexibility index (Phi) is 3.81. The van der Waals surface area contributed by atoms with Gasteiger partial charge in [0.05, 0.1) is 10.2 Å². The fourth-order valence-electron chi connectivity index (χ4n) is 2.15. The van der Waals surface area contributed by atoms with Crippen molar-refractivity contribution in [1.29, 1.82) is 0 Å². The van der Waals surface area contributed by atoms with E-state index in [9.17, 15) is 18.0 Å². The molecule has 0 unspecified atom stereocenters. The van der Waals surface area contributed by atoms with Gasteiger partial charge in [0.25, 0.3) is 0 Å². The third-order valence-electron chi connectivity index (χ3n) is 3.32. The van der Waals surface area contributed by atoms with Crippen molar-refractivity contribution in [2.24, 2.45) is 0 Å². The van der Waals surface area contributed by atoms with E-state index in [0.717, 1.165) is 17.3 Å². The van der Waals surface area contributed by atoms with Crippen LogP contribution in [0.25, 0.3) is 20.8 Å². The molecule has 1 heterocycles. The summed E-state index contributed by atoms with van der Waals surface area (Å²) < 4.78 is 38.6. The van der Waals surface area contributed by atoms with Crippen LogP contribution in [0.4, 0.5) is 18.9 Å². The molecule has 1 aromatic heterocycles. The van der Waals surface area contributed by atoms with Crippen LogP contribution in [0.15, 0.2) is 48.5 Å². The number of carbonyl (C=O) groups excluding carboxylic acids is 1. The highest BCUT2D eigenvalue weighted by atomic mass is 32.1. The quantitative estimate of drug-likeness (QED) is 0.691. The summed E-state index contributed by atoms with van der Waals surface area (Å²) in [4.78, 5) is 16.4. The van der Waals surface area contributed by atoms with Crippen LogP contribution in [0.5, 0.6) is 0 Å². The number of hydrogen-bond donors (Lipinski definition) is 0. The minimum atomic E-state index is -4.90. The lowest BCUT2D eigenvalue weighted by molar-refractivity contribution is -0.170. The molecule has 1 amide bonds. The molecule has 0 saturated carbocycles. The van der Waals surface area contributed by atoms with E-state index in [4.69, 9.17) is 0 Å². The summed E-state index contributed by atoms with van der Waals surface area (Å²) in [6.07, 6.45) is -4.90. The lowest BCUT2D eigenvalue weighted by Gasteiger charge is -2.19. The van der Waals surface area contributed by atoms with E-state index in [1.165, 1.54) is 23.5 Å². The number of aromatic nitrogens is 1. The van der Waals surface area contributed by atoms with E-state index >= 15 is 0 Å². The number of amides is 1. The van der Waals surface area contributed by atoms with Gasteiger partial charge in [-0.15, -0.1) is 11.3 Å². The van der Waals surface area contributed by atoms with Crippen LogP contribution in [0.1, 0.15) is 0 Å². The number of rotatable bonds is 2. The molecule has 3 nitrogen and oxygen atoms in total. The highest BCUT2D eigenvalue weighted by molar-refractivity contribution is 7.21. The van der Waals surface area contributed by atoms with Crippen molar-refractivity contribution in [2.45, 2.75) is 6.18 Å². The maximum absolute atomic E-state index is 12.5. The zero-order chi connectivity index (χ0) is 16.6. The molecule has 0 bridgehead atoms. The average Bonchev–Trinajstić information content (AvgIpc) is 2.97. The summed E-state index contributed by atoms with van der Waals surface area (Å²) in [5.41, 5.74) is 1.67. The van der Waals surface area contributed by atoms with Gasteiger partial charge in [-0.25, -0.2) is 4.98 Å². The largest absolute Gasteiger partial charge is 0.471 e. The van der Waals surface area contributed by atoms with E-state index in [2.05, 4.69) is 4.98 Å². The first kappa shape index (κ1) is 15.5. The molecule has 0 N–H and O–H groups in total. The third-order valence-corrected chi connectivity index (χ3v) is 4.41. The summed E-state index contributed by atoms with van der Waals surface area (Å²) in [5, 5.41) is 0.695. The number of anilines is 1. The van der Waals surface area contributed by atoms with Crippen LogP contribution < -0.4 is 4.90 Å². The van der Waals surface area contributed by atoms with Gasteiger partial charge in [-0.2, -0.15) is 13.2 Å². The predicted octanol–water partition coefficient (Wildman–Crippen LogP) is 4.49. The first-order valence-electron chi connectivity index (χ1n) is 6.67. The molecule has 3 rings (SSSR count). The molecule has 118 valence electrons. The van der Waals surface area contributed by atoms with E-state index in [0.29, 0.717) is 15.5 Å². The topological polar surface area (TPSA) is 33.2 Å². The average molecular weight is 336 g/mol. The molecular formula is C16H11F3N2OS. The van der Waals surface area contributed by atoms with E-state index in [1.54, 1.807) is 12.1 Å². The smallest absolute Gasteiger partial charge is 0.308 e. The standard InChI is InChI=1S/C16H11F3N2OS/c1-21(15(22)16(17,18)19)11-6-4-5-10(9-11)14-20-12-7-2-3-8-13(12)23-14/h2-9H,1H3. The van der Waals surface area contributed by atoms with E-state index in [1.807, 2.05) is 24.3 Å². The summed E-state index contributed by atoms with van der Waals surface area (Å²) >= 11 is 1.45. The Balaban J connectivity index is 1.98. The van der Waals surface area contributed by atoms with Gasteiger partial charge in [-0.3, -0.25) is 4.79 Å². The molecule has 0 aliphatic heterocycles. The van der Waals surface area contributed by atoms with E-state index in [-0.39, 0.29) is 5.69 Å². The van der Waals surface area contributed by atoms with Crippen LogP contribution in [0, 0.1) is 0 Å². The van der Waals surface area contributed by atoms with Gasteiger partial charge in [-0.1, -0.05) is 24.3 Å². The van der Waals surface area contributed by atoms with Gasteiger partial charge in [0.15, 0.2) is 0 Å². The Morgan fingerprint density at radius 1 is 1.13 bits per heavy atom. The van der Waals surface area contributed by atoms with Crippen LogP contribution in [0.2, 0.25) is 0 Å². The second kappa shape index (κ2) is 5.66. The van der Waals surface area contributed by atoms with Gasteiger partial charge in [0, 0.05) is 18.3 Å². The number of carbonyl (C=O) groups is 1. The van der Waals surface area contributed by atoms with Crippen LogP contribution in [-0.4, -0.2) is 24.1 Å². The van der Waals surface area contributed by atoms with Gasteiger partial charge in [-0.05, 0) is 24.3 Å². The molecule has 0 aliphatic carbocycles. The van der Waals surface area contributed by atoms with Crippen LogP contribution in [-0.2, 0) is 4.79 Å². The number of halogens is 3. The van der Waals surface area contributed by atoms with Crippen LogP contribution in [0.3, 0.4) is 0 Å². The van der Waals surface area contributed by atoms with Crippen molar-refractivity contribution in [3.05, 3.63) is 48.5 Å². The molecular weight excluding hydrogens is 325 g/mol. The lowest BCUT2D eigenvalue weighted by atomic mass is 10.2. The molecule has 3 aromatic rings. The number of alkyl halides is 3. The number of nitrogens with zero attached hydrogens (tertiary/aromatic N) is 2. The minimum absolute atomic E-state index is 0.170. The summed E-state index contributed by atoms with van der Waals surface area (Å²) in [5.74, 6) is -1.90. The highest BCUT2D eigenvalue weighted by Gasteiger charge is 2.41. The van der Waals surface area contributed by atoms with Crippen molar-refractivity contribution in [3.8, 4) is 10.6 Å². The maximum Gasteiger partial charge on any atom is 0.471 e. The van der Waals surface area contributed by atoms with Crippen molar-refractivity contribution in [1.82, 2.24) is 4.98 Å². The van der Waals surface area contributed by atoms with Crippen molar-refractivity contribution >= 4 is 33.1 Å². The fourth-order valence-corrected chi connectivity index (χ4v) is 3.11. The second-order valence-electron chi connectivity index (χ2n) is 4.90. The first-order valence-corrected chi connectivity index (χ1v) is 7.49. The zero-order valence-electron chi connectivity index (χ0n) is 12.0. The number of benzene rings is 2. The summed E-state index contributed by atoms with van der Waals surface area (Å²) in [7, 11) is 1.10. The van der Waals surface area contributed by atoms with Crippen LogP contribution >= 0.6 is 11.3 Å². The first-order chi connectivity index (χ1) is 10.9. The second-order valence-corrected chi connectivity index (χ2v) is 5.93.